The van der Waals surface area contributed by atoms with Crippen molar-refractivity contribution in [3.8, 4) is 0 Å². The van der Waals surface area contributed by atoms with Gasteiger partial charge in [-0.15, -0.1) is 0 Å². The smallest absolute Gasteiger partial charge is 0.335 e. The van der Waals surface area contributed by atoms with Crippen LogP contribution in [0.25, 0.3) is 0 Å². The maximum atomic E-state index is 11.9. The van der Waals surface area contributed by atoms with E-state index in [4.69, 9.17) is 10.2 Å². The maximum absolute atomic E-state index is 11.9. The molecule has 106 valence electrons. The highest BCUT2D eigenvalue weighted by molar-refractivity contribution is 5.99. The molecule has 1 aliphatic rings. The summed E-state index contributed by atoms with van der Waals surface area (Å²) in [4.78, 5) is 33.8. The van der Waals surface area contributed by atoms with Gasteiger partial charge in [0, 0.05) is 12.2 Å². The molecule has 1 aromatic rings. The van der Waals surface area contributed by atoms with E-state index >= 15 is 0 Å². The van der Waals surface area contributed by atoms with Gasteiger partial charge in [-0.2, -0.15) is 0 Å². The van der Waals surface area contributed by atoms with Gasteiger partial charge >= 0.3 is 11.9 Å². The first kappa shape index (κ1) is 14.0. The van der Waals surface area contributed by atoms with Crippen molar-refractivity contribution in [1.29, 1.82) is 0 Å². The lowest BCUT2D eigenvalue weighted by atomic mass is 10.1. The largest absolute Gasteiger partial charge is 0.478 e. The molecule has 0 saturated carbocycles. The predicted octanol–water partition coefficient (Wildman–Crippen LogP) is 0.631. The van der Waals surface area contributed by atoms with Crippen molar-refractivity contribution >= 4 is 23.5 Å². The van der Waals surface area contributed by atoms with Crippen molar-refractivity contribution in [3.63, 3.8) is 0 Å². The van der Waals surface area contributed by atoms with Crippen molar-refractivity contribution in [2.45, 2.75) is 6.42 Å². The van der Waals surface area contributed by atoms with Gasteiger partial charge < -0.3 is 20.8 Å². The molecule has 0 bridgehead atoms. The SMILES string of the molecule is O=C(O)c1cc(NC(=O)C2CCNC2)cc(C(=O)O)c1. The normalized spacial score (nSPS) is 17.7. The second-order valence-electron chi connectivity index (χ2n) is 4.59. The zero-order valence-electron chi connectivity index (χ0n) is 10.5. The number of carboxylic acids is 2. The Kier molecular flexibility index (Phi) is 3.99. The van der Waals surface area contributed by atoms with Crippen LogP contribution in [0.15, 0.2) is 18.2 Å². The monoisotopic (exact) mass is 278 g/mol. The number of rotatable bonds is 4. The molecular formula is C13H14N2O5. The fourth-order valence-electron chi connectivity index (χ4n) is 2.07. The number of carboxylic acid groups (broad SMARTS) is 2. The average molecular weight is 278 g/mol. The molecule has 1 heterocycles. The van der Waals surface area contributed by atoms with Crippen LogP contribution in [-0.4, -0.2) is 41.1 Å². The third-order valence-corrected chi connectivity index (χ3v) is 3.13. The average Bonchev–Trinajstić information content (AvgIpc) is 2.92. The molecule has 1 fully saturated rings. The summed E-state index contributed by atoms with van der Waals surface area (Å²) in [6.45, 7) is 1.32. The standard InChI is InChI=1S/C13H14N2O5/c16-11(7-1-2-14-6-7)15-10-4-8(12(17)18)3-9(5-10)13(19)20/h3-5,7,14H,1-2,6H2,(H,15,16)(H,17,18)(H,19,20). The topological polar surface area (TPSA) is 116 Å². The fraction of sp³-hybridized carbons (Fsp3) is 0.308. The minimum absolute atomic E-state index is 0.176. The minimum Gasteiger partial charge on any atom is -0.478 e. The van der Waals surface area contributed by atoms with E-state index in [0.29, 0.717) is 13.0 Å². The lowest BCUT2D eigenvalue weighted by Gasteiger charge is -2.11. The quantitative estimate of drug-likeness (QED) is 0.642. The van der Waals surface area contributed by atoms with Gasteiger partial charge in [0.1, 0.15) is 0 Å². The van der Waals surface area contributed by atoms with Crippen LogP contribution in [0.2, 0.25) is 0 Å². The molecule has 1 saturated heterocycles. The van der Waals surface area contributed by atoms with Gasteiger partial charge in [0.05, 0.1) is 17.0 Å². The molecule has 1 amide bonds. The summed E-state index contributed by atoms with van der Waals surface area (Å²) in [5.41, 5.74) is -0.173. The van der Waals surface area contributed by atoms with Crippen LogP contribution >= 0.6 is 0 Å². The van der Waals surface area contributed by atoms with Crippen LogP contribution < -0.4 is 10.6 Å². The van der Waals surface area contributed by atoms with E-state index in [9.17, 15) is 14.4 Å². The summed E-state index contributed by atoms with van der Waals surface area (Å²) in [6.07, 6.45) is 0.705. The van der Waals surface area contributed by atoms with E-state index in [1.54, 1.807) is 0 Å². The Labute approximate surface area is 114 Å². The van der Waals surface area contributed by atoms with E-state index in [1.165, 1.54) is 12.1 Å². The lowest BCUT2D eigenvalue weighted by molar-refractivity contribution is -0.119. The Balaban J connectivity index is 2.23. The first-order valence-electron chi connectivity index (χ1n) is 6.10. The molecular weight excluding hydrogens is 264 g/mol. The summed E-state index contributed by atoms with van der Waals surface area (Å²) in [5, 5.41) is 23.5. The number of benzene rings is 1. The number of anilines is 1. The van der Waals surface area contributed by atoms with E-state index in [-0.39, 0.29) is 28.6 Å². The first-order valence-corrected chi connectivity index (χ1v) is 6.10. The zero-order valence-corrected chi connectivity index (χ0v) is 10.5. The van der Waals surface area contributed by atoms with E-state index in [1.807, 2.05) is 0 Å². The van der Waals surface area contributed by atoms with Crippen molar-refractivity contribution in [2.75, 3.05) is 18.4 Å². The summed E-state index contributed by atoms with van der Waals surface area (Å²) < 4.78 is 0. The molecule has 7 nitrogen and oxygen atoms in total. The first-order chi connectivity index (χ1) is 9.47. The minimum atomic E-state index is -1.24. The second-order valence-corrected chi connectivity index (χ2v) is 4.59. The Morgan fingerprint density at radius 1 is 1.10 bits per heavy atom. The van der Waals surface area contributed by atoms with Gasteiger partial charge in [-0.3, -0.25) is 4.79 Å². The molecule has 7 heteroatoms. The molecule has 0 aliphatic carbocycles. The van der Waals surface area contributed by atoms with Gasteiger partial charge in [-0.25, -0.2) is 9.59 Å². The third kappa shape index (κ3) is 3.12. The van der Waals surface area contributed by atoms with Gasteiger partial charge in [0.2, 0.25) is 5.91 Å². The molecule has 20 heavy (non-hydrogen) atoms. The van der Waals surface area contributed by atoms with Crippen LogP contribution in [0, 0.1) is 5.92 Å². The zero-order chi connectivity index (χ0) is 14.7. The van der Waals surface area contributed by atoms with Crippen molar-refractivity contribution < 1.29 is 24.6 Å². The van der Waals surface area contributed by atoms with Crippen molar-refractivity contribution in [2.24, 2.45) is 5.92 Å². The number of carbonyl (C=O) groups excluding carboxylic acids is 1. The Bertz CT molecular complexity index is 532. The lowest BCUT2D eigenvalue weighted by Crippen LogP contribution is -2.24. The number of carbonyl (C=O) groups is 3. The van der Waals surface area contributed by atoms with E-state index in [2.05, 4.69) is 10.6 Å². The van der Waals surface area contributed by atoms with Crippen LogP contribution in [0.1, 0.15) is 27.1 Å². The molecule has 1 unspecified atom stereocenters. The highest BCUT2D eigenvalue weighted by Crippen LogP contribution is 2.18. The molecule has 0 spiro atoms. The van der Waals surface area contributed by atoms with Crippen molar-refractivity contribution in [3.05, 3.63) is 29.3 Å². The van der Waals surface area contributed by atoms with E-state index < -0.39 is 11.9 Å². The molecule has 1 atom stereocenters. The van der Waals surface area contributed by atoms with Gasteiger partial charge in [-0.1, -0.05) is 0 Å². The summed E-state index contributed by atoms with van der Waals surface area (Å²) >= 11 is 0. The number of hydrogen-bond acceptors (Lipinski definition) is 4. The highest BCUT2D eigenvalue weighted by atomic mass is 16.4. The van der Waals surface area contributed by atoms with Crippen LogP contribution in [0.3, 0.4) is 0 Å². The van der Waals surface area contributed by atoms with Crippen LogP contribution in [0.4, 0.5) is 5.69 Å². The fourth-order valence-corrected chi connectivity index (χ4v) is 2.07. The summed E-state index contributed by atoms with van der Waals surface area (Å²) in [7, 11) is 0. The number of hydrogen-bond donors (Lipinski definition) is 4. The van der Waals surface area contributed by atoms with Gasteiger partial charge in [-0.05, 0) is 31.2 Å². The molecule has 1 aromatic carbocycles. The maximum Gasteiger partial charge on any atom is 0.335 e. The van der Waals surface area contributed by atoms with Crippen LogP contribution in [-0.2, 0) is 4.79 Å². The Hall–Kier alpha value is -2.41. The summed E-state index contributed by atoms with van der Waals surface area (Å²) in [5.74, 6) is -2.91. The predicted molar refractivity (Wildman–Crippen MR) is 70.0 cm³/mol. The number of aromatic carboxylic acids is 2. The molecule has 1 aliphatic heterocycles. The number of amides is 1. The van der Waals surface area contributed by atoms with Crippen LogP contribution in [0.5, 0.6) is 0 Å². The summed E-state index contributed by atoms with van der Waals surface area (Å²) in [6, 6.07) is 3.54. The van der Waals surface area contributed by atoms with Crippen molar-refractivity contribution in [1.82, 2.24) is 5.32 Å². The molecule has 0 aromatic heterocycles. The molecule has 4 N–H and O–H groups in total. The molecule has 0 radical (unpaired) electrons. The van der Waals surface area contributed by atoms with Gasteiger partial charge in [0.25, 0.3) is 0 Å². The van der Waals surface area contributed by atoms with Gasteiger partial charge in [0.15, 0.2) is 0 Å². The van der Waals surface area contributed by atoms with E-state index in [0.717, 1.165) is 12.6 Å². The third-order valence-electron chi connectivity index (χ3n) is 3.13. The highest BCUT2D eigenvalue weighted by Gasteiger charge is 2.23. The number of nitrogens with one attached hydrogen (secondary N) is 2. The molecule has 2 rings (SSSR count). The Morgan fingerprint density at radius 3 is 2.15 bits per heavy atom. The second kappa shape index (κ2) is 5.70. The Morgan fingerprint density at radius 2 is 1.70 bits per heavy atom.